The molecule has 1 aromatic rings. The van der Waals surface area contributed by atoms with Crippen LogP contribution in [0.15, 0.2) is 18.2 Å². The second-order valence-electron chi connectivity index (χ2n) is 4.80. The molecule has 0 aliphatic heterocycles. The molecule has 0 saturated carbocycles. The van der Waals surface area contributed by atoms with E-state index in [9.17, 15) is 4.79 Å². The van der Waals surface area contributed by atoms with Gasteiger partial charge in [0.05, 0.1) is 7.11 Å². The van der Waals surface area contributed by atoms with Crippen molar-refractivity contribution >= 4 is 17.5 Å². The lowest BCUT2D eigenvalue weighted by Gasteiger charge is -2.25. The molecule has 0 radical (unpaired) electrons. The van der Waals surface area contributed by atoms with Crippen LogP contribution in [0.5, 0.6) is 5.75 Å². The van der Waals surface area contributed by atoms with Crippen LogP contribution in [0.2, 0.25) is 5.02 Å². The molecule has 4 nitrogen and oxygen atoms in total. The van der Waals surface area contributed by atoms with Gasteiger partial charge in [-0.1, -0.05) is 17.7 Å². The minimum Gasteiger partial charge on any atom is -0.496 e. The molecule has 0 aliphatic rings. The van der Waals surface area contributed by atoms with Gasteiger partial charge in [-0.3, -0.25) is 4.79 Å². The minimum atomic E-state index is -0.379. The molecule has 18 heavy (non-hydrogen) atoms. The molecule has 1 aromatic carbocycles. The van der Waals surface area contributed by atoms with E-state index in [0.717, 1.165) is 11.3 Å². The molecule has 0 spiro atoms. The first-order valence-corrected chi connectivity index (χ1v) is 6.08. The van der Waals surface area contributed by atoms with Crippen molar-refractivity contribution in [2.24, 2.45) is 5.73 Å². The fourth-order valence-electron chi connectivity index (χ4n) is 1.73. The fourth-order valence-corrected chi connectivity index (χ4v) is 1.96. The van der Waals surface area contributed by atoms with Crippen molar-refractivity contribution in [3.8, 4) is 5.75 Å². The van der Waals surface area contributed by atoms with Gasteiger partial charge in [0.1, 0.15) is 5.75 Å². The zero-order valence-corrected chi connectivity index (χ0v) is 11.7. The number of amides is 1. The minimum absolute atomic E-state index is 0.264. The van der Waals surface area contributed by atoms with Crippen molar-refractivity contribution < 1.29 is 9.53 Å². The lowest BCUT2D eigenvalue weighted by molar-refractivity contribution is -0.119. The monoisotopic (exact) mass is 270 g/mol. The Bertz CT molecular complexity index is 433. The molecule has 0 fully saturated rings. The molecule has 5 heteroatoms. The molecular formula is C13H19ClN2O2. The van der Waals surface area contributed by atoms with E-state index in [1.54, 1.807) is 7.11 Å². The number of hydrogen-bond acceptors (Lipinski definition) is 3. The number of rotatable bonds is 6. The van der Waals surface area contributed by atoms with E-state index in [0.29, 0.717) is 11.6 Å². The predicted octanol–water partition coefficient (Wildman–Crippen LogP) is 2.09. The topological polar surface area (TPSA) is 64.3 Å². The summed E-state index contributed by atoms with van der Waals surface area (Å²) in [5.41, 5.74) is 5.70. The number of ether oxygens (including phenoxy) is 1. The van der Waals surface area contributed by atoms with Gasteiger partial charge in [0, 0.05) is 29.1 Å². The third-order valence-electron chi connectivity index (χ3n) is 2.66. The third-order valence-corrected chi connectivity index (χ3v) is 3.01. The third kappa shape index (κ3) is 4.20. The van der Waals surface area contributed by atoms with Crippen LogP contribution in [0.25, 0.3) is 0 Å². The van der Waals surface area contributed by atoms with Gasteiger partial charge in [-0.2, -0.15) is 0 Å². The Balaban J connectivity index is 2.77. The summed E-state index contributed by atoms with van der Waals surface area (Å²) in [4.78, 5) is 10.9. The number of primary amides is 1. The molecule has 0 saturated heterocycles. The first-order chi connectivity index (χ1) is 8.35. The summed E-state index contributed by atoms with van der Waals surface area (Å²) in [7, 11) is 1.60. The lowest BCUT2D eigenvalue weighted by atomic mass is 10.00. The number of nitrogens with one attached hydrogen (secondary N) is 1. The standard InChI is InChI=1S/C13H19ClN2O2/c1-13(2,7-12(15)17)16-8-9-10(14)5-4-6-11(9)18-3/h4-6,16H,7-8H2,1-3H3,(H2,15,17). The van der Waals surface area contributed by atoms with Crippen molar-refractivity contribution in [2.75, 3.05) is 7.11 Å². The van der Waals surface area contributed by atoms with Crippen molar-refractivity contribution in [3.05, 3.63) is 28.8 Å². The number of methoxy groups -OCH3 is 1. The Morgan fingerprint density at radius 3 is 2.72 bits per heavy atom. The van der Waals surface area contributed by atoms with Gasteiger partial charge in [-0.15, -0.1) is 0 Å². The van der Waals surface area contributed by atoms with E-state index in [1.807, 2.05) is 32.0 Å². The number of carbonyl (C=O) groups is 1. The lowest BCUT2D eigenvalue weighted by Crippen LogP contribution is -2.42. The largest absolute Gasteiger partial charge is 0.496 e. The maximum Gasteiger partial charge on any atom is 0.219 e. The SMILES string of the molecule is COc1cccc(Cl)c1CNC(C)(C)CC(N)=O. The molecular weight excluding hydrogens is 252 g/mol. The zero-order chi connectivity index (χ0) is 13.8. The second-order valence-corrected chi connectivity index (χ2v) is 5.21. The van der Waals surface area contributed by atoms with Gasteiger partial charge in [0.15, 0.2) is 0 Å². The normalized spacial score (nSPS) is 11.3. The summed E-state index contributed by atoms with van der Waals surface area (Å²) in [5, 5.41) is 3.89. The van der Waals surface area contributed by atoms with Crippen LogP contribution in [-0.4, -0.2) is 18.6 Å². The zero-order valence-electron chi connectivity index (χ0n) is 10.9. The van der Waals surface area contributed by atoms with Gasteiger partial charge < -0.3 is 15.8 Å². The van der Waals surface area contributed by atoms with Crippen LogP contribution in [0.1, 0.15) is 25.8 Å². The van der Waals surface area contributed by atoms with Gasteiger partial charge in [-0.25, -0.2) is 0 Å². The number of nitrogens with two attached hydrogens (primary N) is 1. The van der Waals surface area contributed by atoms with E-state index in [4.69, 9.17) is 22.1 Å². The highest BCUT2D eigenvalue weighted by Crippen LogP contribution is 2.26. The average molecular weight is 271 g/mol. The highest BCUT2D eigenvalue weighted by molar-refractivity contribution is 6.31. The molecule has 1 amide bonds. The molecule has 0 atom stereocenters. The first kappa shape index (κ1) is 14.8. The Labute approximate surface area is 112 Å². The van der Waals surface area contributed by atoms with E-state index in [-0.39, 0.29) is 17.9 Å². The van der Waals surface area contributed by atoms with Crippen LogP contribution in [0, 0.1) is 0 Å². The molecule has 1 rings (SSSR count). The van der Waals surface area contributed by atoms with Crippen molar-refractivity contribution in [1.29, 1.82) is 0 Å². The Hall–Kier alpha value is -1.26. The molecule has 0 aromatic heterocycles. The van der Waals surface area contributed by atoms with Crippen molar-refractivity contribution in [3.63, 3.8) is 0 Å². The van der Waals surface area contributed by atoms with Crippen molar-refractivity contribution in [1.82, 2.24) is 5.32 Å². The quantitative estimate of drug-likeness (QED) is 0.832. The molecule has 0 unspecified atom stereocenters. The fraction of sp³-hybridized carbons (Fsp3) is 0.462. The van der Waals surface area contributed by atoms with Gasteiger partial charge in [-0.05, 0) is 26.0 Å². The molecule has 3 N–H and O–H groups in total. The van der Waals surface area contributed by atoms with E-state index in [1.165, 1.54) is 0 Å². The van der Waals surface area contributed by atoms with Gasteiger partial charge >= 0.3 is 0 Å². The maximum atomic E-state index is 10.9. The summed E-state index contributed by atoms with van der Waals surface area (Å²) < 4.78 is 5.26. The van der Waals surface area contributed by atoms with Crippen LogP contribution in [0.4, 0.5) is 0 Å². The summed E-state index contributed by atoms with van der Waals surface area (Å²) in [6.45, 7) is 4.35. The molecule has 0 heterocycles. The van der Waals surface area contributed by atoms with Crippen LogP contribution < -0.4 is 15.8 Å². The summed E-state index contributed by atoms with van der Waals surface area (Å²) in [6, 6.07) is 5.49. The number of benzene rings is 1. The Morgan fingerprint density at radius 2 is 2.17 bits per heavy atom. The first-order valence-electron chi connectivity index (χ1n) is 5.70. The summed E-state index contributed by atoms with van der Waals surface area (Å²) in [5.74, 6) is 0.392. The summed E-state index contributed by atoms with van der Waals surface area (Å²) >= 11 is 6.13. The molecule has 0 aliphatic carbocycles. The van der Waals surface area contributed by atoms with E-state index >= 15 is 0 Å². The molecule has 100 valence electrons. The van der Waals surface area contributed by atoms with Crippen molar-refractivity contribution in [2.45, 2.75) is 32.4 Å². The van der Waals surface area contributed by atoms with Gasteiger partial charge in [0.25, 0.3) is 0 Å². The van der Waals surface area contributed by atoms with E-state index < -0.39 is 0 Å². The van der Waals surface area contributed by atoms with E-state index in [2.05, 4.69) is 5.32 Å². The maximum absolute atomic E-state index is 10.9. The smallest absolute Gasteiger partial charge is 0.219 e. The van der Waals surface area contributed by atoms with Gasteiger partial charge in [0.2, 0.25) is 5.91 Å². The average Bonchev–Trinajstić information content (AvgIpc) is 2.25. The highest BCUT2D eigenvalue weighted by Gasteiger charge is 2.20. The number of hydrogen-bond donors (Lipinski definition) is 2. The Kier molecular flexibility index (Phi) is 4.99. The van der Waals surface area contributed by atoms with Crippen LogP contribution >= 0.6 is 11.6 Å². The van der Waals surface area contributed by atoms with Crippen LogP contribution in [-0.2, 0) is 11.3 Å². The summed E-state index contributed by atoms with van der Waals surface area (Å²) in [6.07, 6.45) is 0.264. The number of carbonyl (C=O) groups excluding carboxylic acids is 1. The highest BCUT2D eigenvalue weighted by atomic mass is 35.5. The second kappa shape index (κ2) is 6.07. The Morgan fingerprint density at radius 1 is 1.50 bits per heavy atom. The number of halogens is 1. The molecule has 0 bridgehead atoms. The van der Waals surface area contributed by atoms with Crippen LogP contribution in [0.3, 0.4) is 0 Å². The predicted molar refractivity (Wildman–Crippen MR) is 72.7 cm³/mol.